The Kier molecular flexibility index (Phi) is 7.87. The van der Waals surface area contributed by atoms with Crippen LogP contribution in [-0.4, -0.2) is 59.5 Å². The second-order valence-electron chi connectivity index (χ2n) is 9.74. The molecule has 2 aromatic heterocycles. The molecule has 1 fully saturated rings. The van der Waals surface area contributed by atoms with Gasteiger partial charge in [0.05, 0.1) is 31.6 Å². The van der Waals surface area contributed by atoms with Crippen LogP contribution in [0.3, 0.4) is 0 Å². The number of rotatable bonds is 8. The SMILES string of the molecule is COc1cc2nccc(Oc3ccc(NC(=O)C4CN(C(C)C)C(=O)N(c5ccc(F)cc5)C4=O)nc3)c2cc1OC. The van der Waals surface area contributed by atoms with Gasteiger partial charge < -0.3 is 24.4 Å². The lowest BCUT2D eigenvalue weighted by atomic mass is 10.0. The van der Waals surface area contributed by atoms with E-state index in [4.69, 9.17) is 14.2 Å². The number of pyridine rings is 2. The van der Waals surface area contributed by atoms with Crippen molar-refractivity contribution in [3.8, 4) is 23.0 Å². The highest BCUT2D eigenvalue weighted by atomic mass is 19.1. The zero-order valence-corrected chi connectivity index (χ0v) is 23.3. The third-order valence-corrected chi connectivity index (χ3v) is 6.78. The number of ether oxygens (including phenoxy) is 3. The van der Waals surface area contributed by atoms with E-state index in [1.54, 1.807) is 51.4 Å². The van der Waals surface area contributed by atoms with Crippen molar-refractivity contribution in [2.75, 3.05) is 31.0 Å². The summed E-state index contributed by atoms with van der Waals surface area (Å²) in [6.07, 6.45) is 3.04. The molecule has 11 nitrogen and oxygen atoms in total. The summed E-state index contributed by atoms with van der Waals surface area (Å²) in [5.74, 6) is -0.918. The van der Waals surface area contributed by atoms with E-state index >= 15 is 0 Å². The number of methoxy groups -OCH3 is 2. The van der Waals surface area contributed by atoms with Gasteiger partial charge in [-0.05, 0) is 62.4 Å². The number of carbonyl (C=O) groups excluding carboxylic acids is 3. The summed E-state index contributed by atoms with van der Waals surface area (Å²) < 4.78 is 30.3. The standard InChI is InChI=1S/C30H28FN5O6/c1-17(2)35-16-22(29(38)36(30(35)39)19-7-5-18(31)6-8-19)28(37)34-27-10-9-20(15-33-27)42-24-11-12-32-23-14-26(41-4)25(40-3)13-21(23)24/h5-15,17,22H,16H2,1-4H3,(H,33,34,37). The molecule has 216 valence electrons. The molecule has 1 unspecified atom stereocenters. The van der Waals surface area contributed by atoms with Crippen LogP contribution >= 0.6 is 0 Å². The summed E-state index contributed by atoms with van der Waals surface area (Å²) in [4.78, 5) is 50.6. The first kappa shape index (κ1) is 28.3. The average molecular weight is 574 g/mol. The molecule has 1 aliphatic heterocycles. The summed E-state index contributed by atoms with van der Waals surface area (Å²) in [5, 5.41) is 3.35. The maximum absolute atomic E-state index is 13.5. The van der Waals surface area contributed by atoms with Crippen molar-refractivity contribution >= 4 is 40.3 Å². The van der Waals surface area contributed by atoms with E-state index < -0.39 is 29.6 Å². The summed E-state index contributed by atoms with van der Waals surface area (Å²) in [6.45, 7) is 3.46. The second-order valence-corrected chi connectivity index (χ2v) is 9.74. The topological polar surface area (TPSA) is 123 Å². The first-order valence-electron chi connectivity index (χ1n) is 13.1. The summed E-state index contributed by atoms with van der Waals surface area (Å²) in [7, 11) is 3.08. The third-order valence-electron chi connectivity index (χ3n) is 6.78. The number of hydrogen-bond acceptors (Lipinski definition) is 8. The van der Waals surface area contributed by atoms with Crippen molar-refractivity contribution < 1.29 is 33.0 Å². The van der Waals surface area contributed by atoms with Gasteiger partial charge in [-0.2, -0.15) is 0 Å². The number of fused-ring (bicyclic) bond motifs is 1. The zero-order valence-electron chi connectivity index (χ0n) is 23.3. The van der Waals surface area contributed by atoms with E-state index in [2.05, 4.69) is 15.3 Å². The minimum atomic E-state index is -1.21. The number of aromatic nitrogens is 2. The van der Waals surface area contributed by atoms with Crippen LogP contribution in [0.2, 0.25) is 0 Å². The predicted octanol–water partition coefficient (Wildman–Crippen LogP) is 5.01. The molecule has 3 heterocycles. The van der Waals surface area contributed by atoms with Crippen molar-refractivity contribution in [3.05, 3.63) is 72.8 Å². The average Bonchev–Trinajstić information content (AvgIpc) is 2.98. The molecule has 4 amide bonds. The lowest BCUT2D eigenvalue weighted by molar-refractivity contribution is -0.132. The number of anilines is 2. The third kappa shape index (κ3) is 5.51. The van der Waals surface area contributed by atoms with Gasteiger partial charge in [-0.15, -0.1) is 0 Å². The molecule has 12 heteroatoms. The van der Waals surface area contributed by atoms with E-state index in [1.807, 2.05) is 0 Å². The highest BCUT2D eigenvalue weighted by Gasteiger charge is 2.44. The van der Waals surface area contributed by atoms with Gasteiger partial charge >= 0.3 is 6.03 Å². The Morgan fingerprint density at radius 1 is 0.976 bits per heavy atom. The number of benzene rings is 2. The molecular weight excluding hydrogens is 545 g/mol. The first-order chi connectivity index (χ1) is 20.2. The normalized spacial score (nSPS) is 15.2. The van der Waals surface area contributed by atoms with Crippen LogP contribution in [0.4, 0.5) is 20.7 Å². The largest absolute Gasteiger partial charge is 0.493 e. The summed E-state index contributed by atoms with van der Waals surface area (Å²) in [6, 6.07) is 12.4. The zero-order chi connectivity index (χ0) is 30.0. The van der Waals surface area contributed by atoms with Crippen LogP contribution in [-0.2, 0) is 9.59 Å². The van der Waals surface area contributed by atoms with Crippen molar-refractivity contribution in [2.24, 2.45) is 5.92 Å². The number of imide groups is 1. The van der Waals surface area contributed by atoms with E-state index in [-0.39, 0.29) is 24.1 Å². The quantitative estimate of drug-likeness (QED) is 0.292. The number of nitrogens with one attached hydrogen (secondary N) is 1. The molecule has 4 aromatic rings. The van der Waals surface area contributed by atoms with E-state index in [0.29, 0.717) is 33.9 Å². The Hall–Kier alpha value is -5.26. The molecule has 0 spiro atoms. The molecule has 42 heavy (non-hydrogen) atoms. The predicted molar refractivity (Wildman–Crippen MR) is 152 cm³/mol. The summed E-state index contributed by atoms with van der Waals surface area (Å²) >= 11 is 0. The van der Waals surface area contributed by atoms with Gasteiger partial charge in [0.25, 0.3) is 0 Å². The van der Waals surface area contributed by atoms with Gasteiger partial charge in [0.1, 0.15) is 29.1 Å². The Balaban J connectivity index is 1.33. The minimum Gasteiger partial charge on any atom is -0.493 e. The Labute approximate surface area is 240 Å². The molecule has 0 bridgehead atoms. The van der Waals surface area contributed by atoms with Crippen LogP contribution in [0.15, 0.2) is 67.0 Å². The lowest BCUT2D eigenvalue weighted by Gasteiger charge is -2.39. The van der Waals surface area contributed by atoms with Crippen molar-refractivity contribution in [1.82, 2.24) is 14.9 Å². The lowest BCUT2D eigenvalue weighted by Crippen LogP contribution is -2.61. The molecule has 0 saturated carbocycles. The Bertz CT molecular complexity index is 1650. The fourth-order valence-electron chi connectivity index (χ4n) is 4.58. The van der Waals surface area contributed by atoms with Crippen molar-refractivity contribution in [1.29, 1.82) is 0 Å². The molecule has 2 aromatic carbocycles. The van der Waals surface area contributed by atoms with Crippen LogP contribution in [0.1, 0.15) is 13.8 Å². The number of hydrogen-bond donors (Lipinski definition) is 1. The first-order valence-corrected chi connectivity index (χ1v) is 13.1. The maximum Gasteiger partial charge on any atom is 0.331 e. The van der Waals surface area contributed by atoms with Crippen molar-refractivity contribution in [2.45, 2.75) is 19.9 Å². The van der Waals surface area contributed by atoms with Gasteiger partial charge in [0.2, 0.25) is 11.8 Å². The van der Waals surface area contributed by atoms with Crippen LogP contribution in [0.25, 0.3) is 10.9 Å². The fraction of sp³-hybridized carbons (Fsp3) is 0.233. The molecule has 0 aliphatic carbocycles. The van der Waals surface area contributed by atoms with Gasteiger partial charge in [-0.3, -0.25) is 14.6 Å². The molecule has 1 atom stereocenters. The van der Waals surface area contributed by atoms with Gasteiger partial charge in [-0.1, -0.05) is 0 Å². The van der Waals surface area contributed by atoms with Gasteiger partial charge in [0.15, 0.2) is 11.5 Å². The highest BCUT2D eigenvalue weighted by molar-refractivity contribution is 6.23. The van der Waals surface area contributed by atoms with Crippen LogP contribution in [0, 0.1) is 11.7 Å². The number of amides is 4. The molecule has 1 aliphatic rings. The highest BCUT2D eigenvalue weighted by Crippen LogP contribution is 2.37. The molecular formula is C30H28FN5O6. The van der Waals surface area contributed by atoms with Crippen molar-refractivity contribution in [3.63, 3.8) is 0 Å². The monoisotopic (exact) mass is 573 g/mol. The van der Waals surface area contributed by atoms with E-state index in [9.17, 15) is 18.8 Å². The Morgan fingerprint density at radius 3 is 2.33 bits per heavy atom. The molecule has 0 radical (unpaired) electrons. The number of nitrogens with zero attached hydrogens (tertiary/aromatic N) is 4. The number of carbonyl (C=O) groups is 3. The Morgan fingerprint density at radius 2 is 1.69 bits per heavy atom. The van der Waals surface area contributed by atoms with Crippen LogP contribution in [0.5, 0.6) is 23.0 Å². The number of urea groups is 1. The molecule has 1 N–H and O–H groups in total. The van der Waals surface area contributed by atoms with E-state index in [0.717, 1.165) is 17.0 Å². The maximum atomic E-state index is 13.5. The van der Waals surface area contributed by atoms with Crippen LogP contribution < -0.4 is 24.4 Å². The van der Waals surface area contributed by atoms with Gasteiger partial charge in [0, 0.05) is 30.2 Å². The van der Waals surface area contributed by atoms with Gasteiger partial charge in [-0.25, -0.2) is 19.1 Å². The van der Waals surface area contributed by atoms with E-state index in [1.165, 1.54) is 36.4 Å². The second kappa shape index (κ2) is 11.7. The fourth-order valence-corrected chi connectivity index (χ4v) is 4.58. The summed E-state index contributed by atoms with van der Waals surface area (Å²) in [5.41, 5.74) is 0.816. The smallest absolute Gasteiger partial charge is 0.331 e. The molecule has 1 saturated heterocycles. The minimum absolute atomic E-state index is 0.108. The molecule has 5 rings (SSSR count). The number of halogens is 1.